The number of rotatable bonds is 8. The number of carbonyl (C=O) groups excluding carboxylic acids is 2. The van der Waals surface area contributed by atoms with Crippen LogP contribution in [0.5, 0.6) is 0 Å². The second-order valence-electron chi connectivity index (χ2n) is 4.55. The molecule has 2 unspecified atom stereocenters. The van der Waals surface area contributed by atoms with E-state index in [0.717, 1.165) is 11.8 Å². The number of alkyl halides is 1. The Balaban J connectivity index is 2.89. The van der Waals surface area contributed by atoms with Crippen LogP contribution in [-0.4, -0.2) is 42.2 Å². The van der Waals surface area contributed by atoms with E-state index in [1.54, 1.807) is 14.0 Å². The van der Waals surface area contributed by atoms with E-state index >= 15 is 0 Å². The molecule has 110 valence electrons. The number of halogens is 1. The Hall–Kier alpha value is -1.39. The lowest BCUT2D eigenvalue weighted by atomic mass is 10.1. The molecular weight excluding hydrogens is 278 g/mol. The molecule has 0 bridgehead atoms. The molecule has 1 amide bonds. The van der Waals surface area contributed by atoms with Gasteiger partial charge in [-0.1, -0.05) is 30.3 Å². The van der Waals surface area contributed by atoms with E-state index in [1.807, 2.05) is 30.3 Å². The Bertz CT molecular complexity index is 422. The zero-order valence-electron chi connectivity index (χ0n) is 11.8. The fourth-order valence-corrected chi connectivity index (χ4v) is 2.03. The van der Waals surface area contributed by atoms with Gasteiger partial charge in [-0.3, -0.25) is 4.79 Å². The summed E-state index contributed by atoms with van der Waals surface area (Å²) in [4.78, 5) is 25.0. The van der Waals surface area contributed by atoms with Crippen LogP contribution in [0.4, 0.5) is 0 Å². The molecule has 5 heteroatoms. The summed E-state index contributed by atoms with van der Waals surface area (Å²) in [6.45, 7) is 2.39. The van der Waals surface area contributed by atoms with Crippen molar-refractivity contribution in [3.63, 3.8) is 0 Å². The molecule has 1 rings (SSSR count). The number of nitrogens with zero attached hydrogens (tertiary/aromatic N) is 1. The van der Waals surface area contributed by atoms with Crippen LogP contribution in [0.15, 0.2) is 30.3 Å². The molecule has 0 aliphatic rings. The topological polar surface area (TPSA) is 46.6 Å². The lowest BCUT2D eigenvalue weighted by molar-refractivity contribution is -0.137. The smallest absolute Gasteiger partial charge is 0.241 e. The molecule has 1 aromatic rings. The SMILES string of the molecule is COCCC(C=O)N(Cc1ccccc1)C(=O)C(C)Cl. The van der Waals surface area contributed by atoms with E-state index in [4.69, 9.17) is 16.3 Å². The van der Waals surface area contributed by atoms with Crippen molar-refractivity contribution in [3.8, 4) is 0 Å². The third-order valence-electron chi connectivity index (χ3n) is 2.99. The summed E-state index contributed by atoms with van der Waals surface area (Å²) in [5.41, 5.74) is 0.961. The number of ether oxygens (including phenoxy) is 1. The Morgan fingerprint density at radius 2 is 2.05 bits per heavy atom. The highest BCUT2D eigenvalue weighted by molar-refractivity contribution is 6.30. The molecular formula is C15H20ClNO3. The second-order valence-corrected chi connectivity index (χ2v) is 5.21. The van der Waals surface area contributed by atoms with E-state index < -0.39 is 11.4 Å². The zero-order chi connectivity index (χ0) is 15.0. The number of aldehydes is 1. The first-order valence-corrected chi connectivity index (χ1v) is 6.96. The first-order chi connectivity index (χ1) is 9.60. The molecule has 0 aromatic heterocycles. The molecule has 0 heterocycles. The Labute approximate surface area is 124 Å². The van der Waals surface area contributed by atoms with Gasteiger partial charge in [-0.15, -0.1) is 11.6 Å². The Kier molecular flexibility index (Phi) is 7.26. The van der Waals surface area contributed by atoms with Crippen LogP contribution in [0.2, 0.25) is 0 Å². The lowest BCUT2D eigenvalue weighted by Gasteiger charge is -2.29. The molecule has 0 saturated heterocycles. The van der Waals surface area contributed by atoms with Gasteiger partial charge in [-0.2, -0.15) is 0 Å². The average Bonchev–Trinajstić information content (AvgIpc) is 2.47. The third-order valence-corrected chi connectivity index (χ3v) is 3.18. The minimum absolute atomic E-state index is 0.247. The van der Waals surface area contributed by atoms with Crippen molar-refractivity contribution in [3.05, 3.63) is 35.9 Å². The molecule has 0 aliphatic heterocycles. The highest BCUT2D eigenvalue weighted by atomic mass is 35.5. The molecule has 0 N–H and O–H groups in total. The van der Waals surface area contributed by atoms with Crippen molar-refractivity contribution in [1.82, 2.24) is 4.90 Å². The van der Waals surface area contributed by atoms with E-state index in [0.29, 0.717) is 19.6 Å². The molecule has 0 aliphatic carbocycles. The van der Waals surface area contributed by atoms with Crippen LogP contribution >= 0.6 is 11.6 Å². The van der Waals surface area contributed by atoms with Crippen LogP contribution in [-0.2, 0) is 20.9 Å². The van der Waals surface area contributed by atoms with Gasteiger partial charge in [0.1, 0.15) is 11.7 Å². The van der Waals surface area contributed by atoms with E-state index in [-0.39, 0.29) is 5.91 Å². The third kappa shape index (κ3) is 4.94. The van der Waals surface area contributed by atoms with E-state index in [1.165, 1.54) is 4.90 Å². The Morgan fingerprint density at radius 1 is 1.40 bits per heavy atom. The Morgan fingerprint density at radius 3 is 2.55 bits per heavy atom. The second kappa shape index (κ2) is 8.72. The van der Waals surface area contributed by atoms with Gasteiger partial charge in [0.2, 0.25) is 5.91 Å². The number of hydrogen-bond donors (Lipinski definition) is 0. The van der Waals surface area contributed by atoms with Crippen molar-refractivity contribution in [2.24, 2.45) is 0 Å². The fourth-order valence-electron chi connectivity index (χ4n) is 1.90. The van der Waals surface area contributed by atoms with E-state index in [9.17, 15) is 9.59 Å². The molecule has 0 fully saturated rings. The lowest BCUT2D eigenvalue weighted by Crippen LogP contribution is -2.44. The quantitative estimate of drug-likeness (QED) is 0.546. The predicted molar refractivity (Wildman–Crippen MR) is 78.7 cm³/mol. The van der Waals surface area contributed by atoms with Crippen LogP contribution in [0.3, 0.4) is 0 Å². The molecule has 0 saturated carbocycles. The minimum atomic E-state index is -0.663. The van der Waals surface area contributed by atoms with E-state index in [2.05, 4.69) is 0 Å². The normalized spacial score (nSPS) is 13.6. The van der Waals surface area contributed by atoms with Gasteiger partial charge >= 0.3 is 0 Å². The number of methoxy groups -OCH3 is 1. The molecule has 1 aromatic carbocycles. The molecule has 0 radical (unpaired) electrons. The van der Waals surface area contributed by atoms with Gasteiger partial charge in [0.15, 0.2) is 0 Å². The summed E-state index contributed by atoms with van der Waals surface area (Å²) in [5.74, 6) is -0.247. The number of carbonyl (C=O) groups is 2. The number of amides is 1. The molecule has 4 nitrogen and oxygen atoms in total. The first kappa shape index (κ1) is 16.7. The van der Waals surface area contributed by atoms with Crippen LogP contribution in [0.1, 0.15) is 18.9 Å². The summed E-state index contributed by atoms with van der Waals surface area (Å²) in [5, 5.41) is -0.663. The number of benzene rings is 1. The maximum Gasteiger partial charge on any atom is 0.241 e. The van der Waals surface area contributed by atoms with Gasteiger partial charge in [0, 0.05) is 20.3 Å². The van der Waals surface area contributed by atoms with Gasteiger partial charge in [-0.25, -0.2) is 0 Å². The fraction of sp³-hybridized carbons (Fsp3) is 0.467. The highest BCUT2D eigenvalue weighted by Crippen LogP contribution is 2.14. The molecule has 2 atom stereocenters. The largest absolute Gasteiger partial charge is 0.385 e. The molecule has 0 spiro atoms. The van der Waals surface area contributed by atoms with Crippen LogP contribution in [0.25, 0.3) is 0 Å². The number of hydrogen-bond acceptors (Lipinski definition) is 3. The standard InChI is InChI=1S/C15H20ClNO3/c1-12(16)15(19)17(14(11-18)8-9-20-2)10-13-6-4-3-5-7-13/h3-7,11-12,14H,8-10H2,1-2H3. The predicted octanol–water partition coefficient (Wildman–Crippen LogP) is 2.25. The summed E-state index contributed by atoms with van der Waals surface area (Å²) >= 11 is 5.89. The maximum atomic E-state index is 12.2. The van der Waals surface area contributed by atoms with Crippen LogP contribution in [0, 0.1) is 0 Å². The van der Waals surface area contributed by atoms with Crippen molar-refractivity contribution in [2.45, 2.75) is 31.3 Å². The first-order valence-electron chi connectivity index (χ1n) is 6.52. The van der Waals surface area contributed by atoms with Crippen molar-refractivity contribution in [2.75, 3.05) is 13.7 Å². The highest BCUT2D eigenvalue weighted by Gasteiger charge is 2.26. The van der Waals surface area contributed by atoms with Crippen molar-refractivity contribution >= 4 is 23.8 Å². The van der Waals surface area contributed by atoms with Gasteiger partial charge < -0.3 is 14.4 Å². The average molecular weight is 298 g/mol. The summed E-state index contributed by atoms with van der Waals surface area (Å²) < 4.78 is 4.98. The monoisotopic (exact) mass is 297 g/mol. The van der Waals surface area contributed by atoms with Crippen molar-refractivity contribution < 1.29 is 14.3 Å². The minimum Gasteiger partial charge on any atom is -0.385 e. The van der Waals surface area contributed by atoms with Gasteiger partial charge in [-0.05, 0) is 18.9 Å². The van der Waals surface area contributed by atoms with Crippen molar-refractivity contribution in [1.29, 1.82) is 0 Å². The molecule has 20 heavy (non-hydrogen) atoms. The summed E-state index contributed by atoms with van der Waals surface area (Å²) in [6, 6.07) is 9.00. The zero-order valence-corrected chi connectivity index (χ0v) is 12.5. The van der Waals surface area contributed by atoms with Gasteiger partial charge in [0.25, 0.3) is 0 Å². The summed E-state index contributed by atoms with van der Waals surface area (Å²) in [7, 11) is 1.56. The summed E-state index contributed by atoms with van der Waals surface area (Å²) in [6.07, 6.45) is 1.24. The van der Waals surface area contributed by atoms with Crippen LogP contribution < -0.4 is 0 Å². The maximum absolute atomic E-state index is 12.2. The van der Waals surface area contributed by atoms with Gasteiger partial charge in [0.05, 0.1) is 6.04 Å².